The molecule has 3 amide bonds. The summed E-state index contributed by atoms with van der Waals surface area (Å²) >= 11 is 3.32. The van der Waals surface area contributed by atoms with Crippen LogP contribution in [0.1, 0.15) is 15.9 Å². The molecule has 0 fully saturated rings. The van der Waals surface area contributed by atoms with Gasteiger partial charge < -0.3 is 10.6 Å². The molecule has 3 rings (SSSR count). The predicted molar refractivity (Wildman–Crippen MR) is 119 cm³/mol. The van der Waals surface area contributed by atoms with E-state index >= 15 is 0 Å². The number of nitrogens with one attached hydrogen (secondary N) is 3. The Morgan fingerprint density at radius 1 is 0.839 bits per heavy atom. The number of rotatable bonds is 5. The molecule has 3 N–H and O–H groups in total. The zero-order valence-corrected chi connectivity index (χ0v) is 17.5. The third-order valence-electron chi connectivity index (χ3n) is 3.98. The van der Waals surface area contributed by atoms with E-state index in [1.165, 1.54) is 42.6 Å². The van der Waals surface area contributed by atoms with Gasteiger partial charge in [-0.1, -0.05) is 40.2 Å². The molecule has 3 aromatic carbocycles. The Kier molecular flexibility index (Phi) is 7.23. The van der Waals surface area contributed by atoms with Gasteiger partial charge in [0.2, 0.25) is 0 Å². The summed E-state index contributed by atoms with van der Waals surface area (Å²) in [6.07, 6.45) is 1.27. The number of para-hydroxylation sites is 1. The van der Waals surface area contributed by atoms with Crippen molar-refractivity contribution in [3.8, 4) is 0 Å². The van der Waals surface area contributed by atoms with Crippen molar-refractivity contribution in [2.24, 2.45) is 5.10 Å². The number of hydrogen-bond donors (Lipinski definition) is 3. The fourth-order valence-electron chi connectivity index (χ4n) is 2.47. The molecule has 9 heteroatoms. The SMILES string of the molecule is O=C(N/N=C\c1ccc(F)cc1)C(=O)Nc1ccccc1C(=O)Nc1ccc(Br)cc1. The van der Waals surface area contributed by atoms with E-state index in [0.717, 1.165) is 4.47 Å². The molecule has 0 bridgehead atoms. The number of anilines is 2. The highest BCUT2D eigenvalue weighted by Crippen LogP contribution is 2.19. The van der Waals surface area contributed by atoms with Gasteiger partial charge in [0.25, 0.3) is 5.91 Å². The number of hydrazone groups is 1. The van der Waals surface area contributed by atoms with Crippen LogP contribution in [0, 0.1) is 5.82 Å². The summed E-state index contributed by atoms with van der Waals surface area (Å²) in [7, 11) is 0. The molecule has 0 aliphatic rings. The van der Waals surface area contributed by atoms with Crippen LogP contribution in [0.15, 0.2) is 82.4 Å². The van der Waals surface area contributed by atoms with Crippen LogP contribution in [0.2, 0.25) is 0 Å². The summed E-state index contributed by atoms with van der Waals surface area (Å²) in [6, 6.07) is 18.7. The van der Waals surface area contributed by atoms with Crippen LogP contribution in [-0.2, 0) is 9.59 Å². The molecule has 0 aliphatic heterocycles. The summed E-state index contributed by atoms with van der Waals surface area (Å²) in [4.78, 5) is 36.8. The van der Waals surface area contributed by atoms with Crippen molar-refractivity contribution in [1.29, 1.82) is 0 Å². The van der Waals surface area contributed by atoms with E-state index in [-0.39, 0.29) is 11.3 Å². The highest BCUT2D eigenvalue weighted by Gasteiger charge is 2.17. The van der Waals surface area contributed by atoms with E-state index in [0.29, 0.717) is 11.3 Å². The molecular weight excluding hydrogens is 467 g/mol. The van der Waals surface area contributed by atoms with Crippen molar-refractivity contribution in [3.63, 3.8) is 0 Å². The minimum Gasteiger partial charge on any atom is -0.322 e. The molecule has 0 saturated carbocycles. The summed E-state index contributed by atoms with van der Waals surface area (Å²) in [5.41, 5.74) is 3.54. The minimum atomic E-state index is -1.03. The first kappa shape index (κ1) is 21.8. The molecule has 0 unspecified atom stereocenters. The fourth-order valence-corrected chi connectivity index (χ4v) is 2.73. The monoisotopic (exact) mass is 482 g/mol. The number of amides is 3. The van der Waals surface area contributed by atoms with Gasteiger partial charge in [0.15, 0.2) is 0 Å². The molecule has 0 saturated heterocycles. The highest BCUT2D eigenvalue weighted by molar-refractivity contribution is 9.10. The van der Waals surface area contributed by atoms with E-state index in [9.17, 15) is 18.8 Å². The molecule has 0 heterocycles. The zero-order valence-electron chi connectivity index (χ0n) is 15.9. The lowest BCUT2D eigenvalue weighted by atomic mass is 10.1. The van der Waals surface area contributed by atoms with Gasteiger partial charge in [0.1, 0.15) is 5.82 Å². The predicted octanol–water partition coefficient (Wildman–Crippen LogP) is 3.93. The summed E-state index contributed by atoms with van der Waals surface area (Å²) in [5, 5.41) is 8.79. The summed E-state index contributed by atoms with van der Waals surface area (Å²) in [5.74, 6) is -2.88. The first-order chi connectivity index (χ1) is 14.9. The van der Waals surface area contributed by atoms with E-state index in [2.05, 4.69) is 37.1 Å². The molecular formula is C22H16BrFN4O3. The molecule has 0 atom stereocenters. The van der Waals surface area contributed by atoms with Gasteiger partial charge in [-0.3, -0.25) is 14.4 Å². The van der Waals surface area contributed by atoms with Crippen LogP contribution < -0.4 is 16.1 Å². The first-order valence-electron chi connectivity index (χ1n) is 8.98. The Balaban J connectivity index is 1.63. The maximum absolute atomic E-state index is 12.9. The number of carbonyl (C=O) groups excluding carboxylic acids is 3. The molecule has 156 valence electrons. The lowest BCUT2D eigenvalue weighted by Gasteiger charge is -2.11. The maximum Gasteiger partial charge on any atom is 0.329 e. The van der Waals surface area contributed by atoms with E-state index < -0.39 is 23.5 Å². The third-order valence-corrected chi connectivity index (χ3v) is 4.51. The van der Waals surface area contributed by atoms with E-state index in [4.69, 9.17) is 0 Å². The van der Waals surface area contributed by atoms with E-state index in [1.54, 1.807) is 36.4 Å². The third kappa shape index (κ3) is 6.31. The van der Waals surface area contributed by atoms with Crippen LogP contribution in [0.25, 0.3) is 0 Å². The van der Waals surface area contributed by atoms with Crippen molar-refractivity contribution in [2.45, 2.75) is 0 Å². The smallest absolute Gasteiger partial charge is 0.322 e. The average Bonchev–Trinajstić information content (AvgIpc) is 2.77. The number of hydrogen-bond acceptors (Lipinski definition) is 4. The van der Waals surface area contributed by atoms with Gasteiger partial charge in [0.05, 0.1) is 17.5 Å². The standard InChI is InChI=1S/C22H16BrFN4O3/c23-15-7-11-17(12-8-15)26-20(29)18-3-1-2-4-19(18)27-21(30)22(31)28-25-13-14-5-9-16(24)10-6-14/h1-13H,(H,26,29)(H,27,30)(H,28,31)/b25-13-. The largest absolute Gasteiger partial charge is 0.329 e. The van der Waals surface area contributed by atoms with Crippen LogP contribution in [-0.4, -0.2) is 23.9 Å². The van der Waals surface area contributed by atoms with Crippen molar-refractivity contribution in [3.05, 3.63) is 94.2 Å². The second kappa shape index (κ2) is 10.3. The van der Waals surface area contributed by atoms with Crippen molar-refractivity contribution in [1.82, 2.24) is 5.43 Å². The highest BCUT2D eigenvalue weighted by atomic mass is 79.9. The average molecular weight is 483 g/mol. The van der Waals surface area contributed by atoms with Gasteiger partial charge >= 0.3 is 11.8 Å². The van der Waals surface area contributed by atoms with Gasteiger partial charge in [-0.25, -0.2) is 9.82 Å². The van der Waals surface area contributed by atoms with Crippen LogP contribution >= 0.6 is 15.9 Å². The molecule has 0 aliphatic carbocycles. The Hall–Kier alpha value is -3.85. The molecule has 7 nitrogen and oxygen atoms in total. The Labute approximate surface area is 185 Å². The van der Waals surface area contributed by atoms with Crippen molar-refractivity contribution < 1.29 is 18.8 Å². The summed E-state index contributed by atoms with van der Waals surface area (Å²) < 4.78 is 13.7. The maximum atomic E-state index is 12.9. The minimum absolute atomic E-state index is 0.166. The molecule has 3 aromatic rings. The van der Waals surface area contributed by atoms with Gasteiger partial charge in [-0.05, 0) is 54.1 Å². The Bertz CT molecular complexity index is 1130. The second-order valence-corrected chi connectivity index (χ2v) is 7.13. The number of halogens is 2. The lowest BCUT2D eigenvalue weighted by molar-refractivity contribution is -0.136. The quantitative estimate of drug-likeness (QED) is 0.291. The zero-order chi connectivity index (χ0) is 22.2. The Morgan fingerprint density at radius 3 is 2.23 bits per heavy atom. The fraction of sp³-hybridized carbons (Fsp3) is 0. The molecule has 0 radical (unpaired) electrons. The molecule has 0 spiro atoms. The number of nitrogens with zero attached hydrogens (tertiary/aromatic N) is 1. The van der Waals surface area contributed by atoms with Gasteiger partial charge in [-0.15, -0.1) is 0 Å². The normalized spacial score (nSPS) is 10.5. The molecule has 0 aromatic heterocycles. The van der Waals surface area contributed by atoms with Crippen LogP contribution in [0.4, 0.5) is 15.8 Å². The van der Waals surface area contributed by atoms with Crippen molar-refractivity contribution >= 4 is 51.2 Å². The lowest BCUT2D eigenvalue weighted by Crippen LogP contribution is -2.33. The van der Waals surface area contributed by atoms with Crippen LogP contribution in [0.3, 0.4) is 0 Å². The topological polar surface area (TPSA) is 99.7 Å². The van der Waals surface area contributed by atoms with Crippen molar-refractivity contribution in [2.75, 3.05) is 10.6 Å². The summed E-state index contributed by atoms with van der Waals surface area (Å²) in [6.45, 7) is 0. The molecule has 31 heavy (non-hydrogen) atoms. The van der Waals surface area contributed by atoms with Gasteiger partial charge in [0, 0.05) is 10.2 Å². The van der Waals surface area contributed by atoms with Crippen LogP contribution in [0.5, 0.6) is 0 Å². The van der Waals surface area contributed by atoms with E-state index in [1.807, 2.05) is 0 Å². The Morgan fingerprint density at radius 2 is 1.52 bits per heavy atom. The second-order valence-electron chi connectivity index (χ2n) is 6.21. The number of benzene rings is 3. The number of carbonyl (C=O) groups is 3. The first-order valence-corrected chi connectivity index (χ1v) is 9.77. The van der Waals surface area contributed by atoms with Gasteiger partial charge in [-0.2, -0.15) is 5.10 Å².